The highest BCUT2D eigenvalue weighted by Gasteiger charge is 2.29. The van der Waals surface area contributed by atoms with Crippen molar-refractivity contribution in [1.82, 2.24) is 20.1 Å². The number of methoxy groups -OCH3 is 2. The van der Waals surface area contributed by atoms with Crippen LogP contribution in [0.4, 0.5) is 21.0 Å². The van der Waals surface area contributed by atoms with Crippen molar-refractivity contribution in [2.45, 2.75) is 62.4 Å². The molecule has 0 spiro atoms. The summed E-state index contributed by atoms with van der Waals surface area (Å²) >= 11 is 0. The largest absolute Gasteiger partial charge is 0.497 e. The van der Waals surface area contributed by atoms with E-state index in [2.05, 4.69) is 10.6 Å². The van der Waals surface area contributed by atoms with Gasteiger partial charge < -0.3 is 29.6 Å². The Morgan fingerprint density at radius 1 is 0.486 bits per heavy atom. The number of nitrogens with zero attached hydrogens (tertiary/aromatic N) is 2. The van der Waals surface area contributed by atoms with Crippen molar-refractivity contribution in [2.24, 2.45) is 0 Å². The Kier molecular flexibility index (Phi) is 16.4. The summed E-state index contributed by atoms with van der Waals surface area (Å²) in [6.45, 7) is 10.1. The molecule has 0 bridgehead atoms. The molecular weight excluding hydrogens is 949 g/mol. The van der Waals surface area contributed by atoms with Gasteiger partial charge in [-0.2, -0.15) is 0 Å². The fraction of sp³-hybridized carbons (Fsp3) is 0.208. The third-order valence-electron chi connectivity index (χ3n) is 9.28. The van der Waals surface area contributed by atoms with Crippen LogP contribution in [0.5, 0.6) is 34.5 Å². The molecule has 0 fully saturated rings. The van der Waals surface area contributed by atoms with Crippen molar-refractivity contribution in [3.63, 3.8) is 0 Å². The maximum absolute atomic E-state index is 13.1. The lowest BCUT2D eigenvalue weighted by Gasteiger charge is -2.21. The minimum Gasteiger partial charge on any atom is -0.497 e. The van der Waals surface area contributed by atoms with Crippen LogP contribution in [0.2, 0.25) is 0 Å². The van der Waals surface area contributed by atoms with E-state index in [-0.39, 0.29) is 11.5 Å². The van der Waals surface area contributed by atoms with E-state index in [9.17, 15) is 46.7 Å². The van der Waals surface area contributed by atoms with Gasteiger partial charge in [0.2, 0.25) is 0 Å². The number of hydrogen-bond donors (Lipinski definition) is 4. The van der Waals surface area contributed by atoms with Gasteiger partial charge in [-0.05, 0) is 113 Å². The Bertz CT molecular complexity index is 3120. The van der Waals surface area contributed by atoms with E-state index in [0.29, 0.717) is 28.6 Å². The Morgan fingerprint density at radius 2 is 0.929 bits per heavy atom. The van der Waals surface area contributed by atoms with E-state index in [1.165, 1.54) is 12.1 Å². The summed E-state index contributed by atoms with van der Waals surface area (Å²) in [5.41, 5.74) is 0.721. The maximum atomic E-state index is 13.1. The van der Waals surface area contributed by atoms with Crippen LogP contribution in [-0.4, -0.2) is 64.0 Å². The third-order valence-corrected chi connectivity index (χ3v) is 12.0. The molecule has 6 aromatic carbocycles. The van der Waals surface area contributed by atoms with Gasteiger partial charge in [0.15, 0.2) is 0 Å². The fourth-order valence-corrected chi connectivity index (χ4v) is 8.34. The summed E-state index contributed by atoms with van der Waals surface area (Å²) in [4.78, 5) is 44.4. The molecule has 20 nitrogen and oxygen atoms in total. The minimum atomic E-state index is -4.53. The number of urea groups is 2. The van der Waals surface area contributed by atoms with E-state index in [4.69, 9.17) is 18.9 Å². The van der Waals surface area contributed by atoms with Gasteiger partial charge in [-0.25, -0.2) is 35.9 Å². The molecule has 0 unspecified atom stereocenters. The van der Waals surface area contributed by atoms with Crippen LogP contribution in [0.15, 0.2) is 143 Å². The smallest absolute Gasteiger partial charge is 0.329 e. The zero-order chi connectivity index (χ0) is 51.6. The molecule has 6 rings (SSSR count). The molecule has 0 saturated heterocycles. The normalized spacial score (nSPS) is 11.4. The van der Waals surface area contributed by atoms with Crippen LogP contribution >= 0.6 is 0 Å². The van der Waals surface area contributed by atoms with Crippen molar-refractivity contribution in [1.29, 1.82) is 0 Å². The second-order valence-electron chi connectivity index (χ2n) is 17.1. The number of nitrogens with one attached hydrogen (secondary N) is 4. The molecule has 0 saturated carbocycles. The zero-order valence-corrected chi connectivity index (χ0v) is 40.8. The number of carbonyl (C=O) groups is 2. The molecule has 0 aliphatic carbocycles. The molecule has 0 aliphatic rings. The predicted molar refractivity (Wildman–Crippen MR) is 260 cm³/mol. The van der Waals surface area contributed by atoms with Gasteiger partial charge in [-0.3, -0.25) is 20.2 Å². The number of nitro groups is 2. The molecule has 6 aromatic rings. The standard InChI is InChI=1S/2C24H25N3O7S/c1-24(2,3)25-23(28)26-35(31,32)22-15-18(27(29)30)10-13-21(22)34-20-7-5-6-17(14-20)16-8-11-19(33-4)12-9-16;1-24(2,3)25-23(28)26-35(31,32)22-15-17(27(29)30)11-14-21(22)34-20-8-6-5-7-19(20)16-9-12-18(33-4)13-10-16/h2*5-15H,1-4H3,(H2,25,26,28). The molecule has 0 atom stereocenters. The SMILES string of the molecule is COc1ccc(-c2cccc(Oc3ccc([N+](=O)[O-])cc3S(=O)(=O)NC(=O)NC(C)(C)C)c2)cc1.COc1ccc(-c2ccccc2Oc2ccc([N+](=O)[O-])cc2S(=O)(=O)NC(=O)NC(C)(C)C)cc1. The van der Waals surface area contributed by atoms with Gasteiger partial charge in [-0.1, -0.05) is 54.6 Å². The predicted octanol–water partition coefficient (Wildman–Crippen LogP) is 9.70. The molecule has 70 heavy (non-hydrogen) atoms. The third kappa shape index (κ3) is 14.6. The van der Waals surface area contributed by atoms with Crippen LogP contribution < -0.4 is 39.0 Å². The monoisotopic (exact) mass is 998 g/mol. The summed E-state index contributed by atoms with van der Waals surface area (Å²) in [5.74, 6) is 1.59. The second kappa shape index (κ2) is 21.8. The summed E-state index contributed by atoms with van der Waals surface area (Å²) < 4.78 is 77.9. The van der Waals surface area contributed by atoms with Gasteiger partial charge in [-0.15, -0.1) is 0 Å². The number of amides is 4. The summed E-state index contributed by atoms with van der Waals surface area (Å²) in [7, 11) is -5.92. The first-order chi connectivity index (χ1) is 32.8. The quantitative estimate of drug-likeness (QED) is 0.0584. The van der Waals surface area contributed by atoms with Gasteiger partial charge >= 0.3 is 12.1 Å². The van der Waals surface area contributed by atoms with Crippen molar-refractivity contribution in [2.75, 3.05) is 14.2 Å². The first-order valence-electron chi connectivity index (χ1n) is 20.9. The van der Waals surface area contributed by atoms with E-state index >= 15 is 0 Å². The van der Waals surface area contributed by atoms with Crippen LogP contribution in [0.3, 0.4) is 0 Å². The van der Waals surface area contributed by atoms with Gasteiger partial charge in [0.1, 0.15) is 44.3 Å². The molecule has 4 N–H and O–H groups in total. The number of benzene rings is 6. The number of sulfonamides is 2. The topological polar surface area (TPSA) is 274 Å². The Hall–Kier alpha value is -8.24. The number of rotatable bonds is 14. The molecular formula is C48H50N6O14S2. The van der Waals surface area contributed by atoms with Crippen LogP contribution in [-0.2, 0) is 20.0 Å². The Balaban J connectivity index is 0.000000261. The lowest BCUT2D eigenvalue weighted by molar-refractivity contribution is -0.385. The Labute approximate surface area is 404 Å². The summed E-state index contributed by atoms with van der Waals surface area (Å²) in [6, 6.07) is 32.6. The number of non-ortho nitro benzene ring substituents is 2. The highest BCUT2D eigenvalue weighted by molar-refractivity contribution is 7.90. The molecule has 0 aliphatic heterocycles. The Morgan fingerprint density at radius 3 is 1.37 bits per heavy atom. The zero-order valence-electron chi connectivity index (χ0n) is 39.1. The van der Waals surface area contributed by atoms with E-state index in [1.54, 1.807) is 122 Å². The molecule has 4 amide bonds. The van der Waals surface area contributed by atoms with Crippen LogP contribution in [0.1, 0.15) is 41.5 Å². The van der Waals surface area contributed by atoms with Gasteiger partial charge in [0.05, 0.1) is 24.1 Å². The van der Waals surface area contributed by atoms with Gasteiger partial charge in [0, 0.05) is 40.9 Å². The van der Waals surface area contributed by atoms with Crippen LogP contribution in [0.25, 0.3) is 22.3 Å². The highest BCUT2D eigenvalue weighted by atomic mass is 32.2. The highest BCUT2D eigenvalue weighted by Crippen LogP contribution is 2.38. The van der Waals surface area contributed by atoms with Crippen molar-refractivity contribution in [3.8, 4) is 56.8 Å². The van der Waals surface area contributed by atoms with Crippen LogP contribution in [0, 0.1) is 20.2 Å². The fourth-order valence-electron chi connectivity index (χ4n) is 6.23. The van der Waals surface area contributed by atoms with E-state index in [1.807, 2.05) is 39.8 Å². The molecule has 0 radical (unpaired) electrons. The maximum Gasteiger partial charge on any atom is 0.329 e. The van der Waals surface area contributed by atoms with Crippen molar-refractivity contribution >= 4 is 43.5 Å². The summed E-state index contributed by atoms with van der Waals surface area (Å²) in [6.07, 6.45) is 0. The number of carbonyl (C=O) groups excluding carboxylic acids is 2. The first-order valence-corrected chi connectivity index (χ1v) is 23.8. The number of hydrogen-bond acceptors (Lipinski definition) is 14. The number of nitro benzene ring substituents is 2. The number of ether oxygens (including phenoxy) is 4. The van der Waals surface area contributed by atoms with Gasteiger partial charge in [0.25, 0.3) is 31.4 Å². The molecule has 0 aromatic heterocycles. The lowest BCUT2D eigenvalue weighted by Crippen LogP contribution is -2.48. The first kappa shape index (κ1) is 52.7. The number of para-hydroxylation sites is 1. The van der Waals surface area contributed by atoms with E-state index < -0.39 is 74.2 Å². The lowest BCUT2D eigenvalue weighted by atomic mass is 10.0. The van der Waals surface area contributed by atoms with Crippen molar-refractivity contribution in [3.05, 3.63) is 154 Å². The van der Waals surface area contributed by atoms with E-state index in [0.717, 1.165) is 41.0 Å². The molecule has 22 heteroatoms. The second-order valence-corrected chi connectivity index (χ2v) is 20.4. The molecule has 368 valence electrons. The average molecular weight is 999 g/mol. The van der Waals surface area contributed by atoms with Crippen molar-refractivity contribution < 1.29 is 55.2 Å². The average Bonchev–Trinajstić information content (AvgIpc) is 3.28. The molecule has 0 heterocycles. The summed E-state index contributed by atoms with van der Waals surface area (Å²) in [5, 5.41) is 27.5. The minimum absolute atomic E-state index is 0.182.